The predicted molar refractivity (Wildman–Crippen MR) is 80.8 cm³/mol. The standard InChI is InChI=1S/C14H20N2O2S/c1-9(2)19-8-13(17)16-12-6-5-11(7-10(12)3)14(18)15-4/h5-7,9H,8H2,1-4H3,(H,15,18)(H,16,17). The highest BCUT2D eigenvalue weighted by Gasteiger charge is 2.09. The van der Waals surface area contributed by atoms with Gasteiger partial charge in [0.25, 0.3) is 5.91 Å². The molecule has 0 aliphatic heterocycles. The van der Waals surface area contributed by atoms with E-state index in [1.807, 2.05) is 6.92 Å². The summed E-state index contributed by atoms with van der Waals surface area (Å²) >= 11 is 1.60. The van der Waals surface area contributed by atoms with E-state index in [1.54, 1.807) is 37.0 Å². The number of amides is 2. The minimum atomic E-state index is -0.128. The Balaban J connectivity index is 2.69. The first-order valence-electron chi connectivity index (χ1n) is 6.18. The highest BCUT2D eigenvalue weighted by molar-refractivity contribution is 8.00. The molecule has 0 aliphatic rings. The lowest BCUT2D eigenvalue weighted by Gasteiger charge is -2.10. The van der Waals surface area contributed by atoms with E-state index in [-0.39, 0.29) is 11.8 Å². The van der Waals surface area contributed by atoms with E-state index >= 15 is 0 Å². The number of carbonyl (C=O) groups excluding carboxylic acids is 2. The highest BCUT2D eigenvalue weighted by Crippen LogP contribution is 2.17. The second-order valence-electron chi connectivity index (χ2n) is 4.52. The van der Waals surface area contributed by atoms with Crippen LogP contribution in [0.1, 0.15) is 29.8 Å². The van der Waals surface area contributed by atoms with E-state index in [0.717, 1.165) is 11.3 Å². The smallest absolute Gasteiger partial charge is 0.251 e. The molecule has 0 saturated carbocycles. The molecule has 0 saturated heterocycles. The first-order valence-corrected chi connectivity index (χ1v) is 7.23. The van der Waals surface area contributed by atoms with Crippen LogP contribution in [0.2, 0.25) is 0 Å². The predicted octanol–water partition coefficient (Wildman–Crippen LogP) is 2.43. The topological polar surface area (TPSA) is 58.2 Å². The Morgan fingerprint density at radius 2 is 2.00 bits per heavy atom. The van der Waals surface area contributed by atoms with Gasteiger partial charge in [-0.2, -0.15) is 0 Å². The molecule has 4 nitrogen and oxygen atoms in total. The van der Waals surface area contributed by atoms with Gasteiger partial charge in [0.1, 0.15) is 0 Å². The summed E-state index contributed by atoms with van der Waals surface area (Å²) in [4.78, 5) is 23.2. The van der Waals surface area contributed by atoms with Crippen LogP contribution in [-0.2, 0) is 4.79 Å². The number of benzene rings is 1. The second-order valence-corrected chi connectivity index (χ2v) is 6.08. The van der Waals surface area contributed by atoms with Crippen molar-refractivity contribution in [3.63, 3.8) is 0 Å². The number of hydrogen-bond acceptors (Lipinski definition) is 3. The lowest BCUT2D eigenvalue weighted by molar-refractivity contribution is -0.113. The molecule has 0 spiro atoms. The van der Waals surface area contributed by atoms with Crippen molar-refractivity contribution in [3.05, 3.63) is 29.3 Å². The normalized spacial score (nSPS) is 10.4. The van der Waals surface area contributed by atoms with E-state index in [0.29, 0.717) is 16.6 Å². The van der Waals surface area contributed by atoms with Crippen molar-refractivity contribution in [2.75, 3.05) is 18.1 Å². The SMILES string of the molecule is CNC(=O)c1ccc(NC(=O)CSC(C)C)c(C)c1. The van der Waals surface area contributed by atoms with Crippen LogP contribution in [-0.4, -0.2) is 29.9 Å². The van der Waals surface area contributed by atoms with E-state index < -0.39 is 0 Å². The van der Waals surface area contributed by atoms with Crippen LogP contribution in [0.15, 0.2) is 18.2 Å². The molecule has 1 rings (SSSR count). The molecule has 0 aliphatic carbocycles. The molecular weight excluding hydrogens is 260 g/mol. The van der Waals surface area contributed by atoms with Crippen molar-refractivity contribution >= 4 is 29.3 Å². The van der Waals surface area contributed by atoms with Crippen molar-refractivity contribution in [1.29, 1.82) is 0 Å². The van der Waals surface area contributed by atoms with Crippen molar-refractivity contribution in [2.45, 2.75) is 26.0 Å². The van der Waals surface area contributed by atoms with Gasteiger partial charge in [-0.3, -0.25) is 9.59 Å². The quantitative estimate of drug-likeness (QED) is 0.871. The molecule has 0 unspecified atom stereocenters. The maximum Gasteiger partial charge on any atom is 0.251 e. The largest absolute Gasteiger partial charge is 0.355 e. The molecule has 5 heteroatoms. The second kappa shape index (κ2) is 7.19. The molecule has 0 bridgehead atoms. The summed E-state index contributed by atoms with van der Waals surface area (Å²) in [5, 5.41) is 5.86. The summed E-state index contributed by atoms with van der Waals surface area (Å²) in [5.41, 5.74) is 2.22. The molecule has 0 aromatic heterocycles. The van der Waals surface area contributed by atoms with Gasteiger partial charge in [-0.1, -0.05) is 13.8 Å². The van der Waals surface area contributed by atoms with Gasteiger partial charge in [-0.05, 0) is 35.9 Å². The van der Waals surface area contributed by atoms with Crippen LogP contribution >= 0.6 is 11.8 Å². The van der Waals surface area contributed by atoms with Gasteiger partial charge in [0.2, 0.25) is 5.91 Å². The zero-order chi connectivity index (χ0) is 14.4. The molecule has 1 aromatic carbocycles. The van der Waals surface area contributed by atoms with Crippen molar-refractivity contribution < 1.29 is 9.59 Å². The number of nitrogens with one attached hydrogen (secondary N) is 2. The zero-order valence-corrected chi connectivity index (χ0v) is 12.6. The summed E-state index contributed by atoms with van der Waals surface area (Å²) in [6, 6.07) is 5.24. The van der Waals surface area contributed by atoms with E-state index in [2.05, 4.69) is 24.5 Å². The van der Waals surface area contributed by atoms with Gasteiger partial charge >= 0.3 is 0 Å². The van der Waals surface area contributed by atoms with Gasteiger partial charge in [-0.15, -0.1) is 11.8 Å². The minimum Gasteiger partial charge on any atom is -0.355 e. The average molecular weight is 280 g/mol. The molecule has 1 aromatic rings. The number of hydrogen-bond donors (Lipinski definition) is 2. The molecule has 0 heterocycles. The Morgan fingerprint density at radius 1 is 1.32 bits per heavy atom. The number of aryl methyl sites for hydroxylation is 1. The maximum atomic E-state index is 11.7. The van der Waals surface area contributed by atoms with Crippen LogP contribution < -0.4 is 10.6 Å². The Hall–Kier alpha value is -1.49. The molecule has 0 fully saturated rings. The number of anilines is 1. The number of rotatable bonds is 5. The van der Waals surface area contributed by atoms with Gasteiger partial charge in [0.15, 0.2) is 0 Å². The maximum absolute atomic E-state index is 11.7. The van der Waals surface area contributed by atoms with Crippen LogP contribution in [0.4, 0.5) is 5.69 Å². The van der Waals surface area contributed by atoms with E-state index in [4.69, 9.17) is 0 Å². The Bertz CT molecular complexity index is 473. The van der Waals surface area contributed by atoms with Crippen molar-refractivity contribution in [1.82, 2.24) is 5.32 Å². The fraction of sp³-hybridized carbons (Fsp3) is 0.429. The van der Waals surface area contributed by atoms with Crippen LogP contribution in [0.3, 0.4) is 0 Å². The molecule has 2 N–H and O–H groups in total. The van der Waals surface area contributed by atoms with Crippen LogP contribution in [0.5, 0.6) is 0 Å². The first-order chi connectivity index (χ1) is 8.93. The molecule has 0 atom stereocenters. The summed E-state index contributed by atoms with van der Waals surface area (Å²) in [5.74, 6) is 0.291. The van der Waals surface area contributed by atoms with Crippen molar-refractivity contribution in [2.24, 2.45) is 0 Å². The summed E-state index contributed by atoms with van der Waals surface area (Å²) in [7, 11) is 1.59. The average Bonchev–Trinajstić information content (AvgIpc) is 2.37. The molecule has 0 radical (unpaired) electrons. The van der Waals surface area contributed by atoms with E-state index in [9.17, 15) is 9.59 Å². The van der Waals surface area contributed by atoms with Gasteiger partial charge < -0.3 is 10.6 Å². The lowest BCUT2D eigenvalue weighted by Crippen LogP contribution is -2.19. The lowest BCUT2D eigenvalue weighted by atomic mass is 10.1. The zero-order valence-electron chi connectivity index (χ0n) is 11.7. The molecule has 104 valence electrons. The monoisotopic (exact) mass is 280 g/mol. The Kier molecular flexibility index (Phi) is 5.89. The van der Waals surface area contributed by atoms with Crippen LogP contribution in [0.25, 0.3) is 0 Å². The third kappa shape index (κ3) is 4.95. The third-order valence-corrected chi connectivity index (χ3v) is 3.63. The summed E-state index contributed by atoms with van der Waals surface area (Å²) in [6.07, 6.45) is 0. The van der Waals surface area contributed by atoms with Crippen LogP contribution in [0, 0.1) is 6.92 Å². The minimum absolute atomic E-state index is 0.0190. The fourth-order valence-electron chi connectivity index (χ4n) is 1.52. The van der Waals surface area contributed by atoms with Gasteiger partial charge in [-0.25, -0.2) is 0 Å². The van der Waals surface area contributed by atoms with Gasteiger partial charge in [0.05, 0.1) is 5.75 Å². The number of thioether (sulfide) groups is 1. The molecular formula is C14H20N2O2S. The van der Waals surface area contributed by atoms with Crippen molar-refractivity contribution in [3.8, 4) is 0 Å². The molecule has 2 amide bonds. The first kappa shape index (κ1) is 15.6. The summed E-state index contributed by atoms with van der Waals surface area (Å²) < 4.78 is 0. The van der Waals surface area contributed by atoms with Gasteiger partial charge in [0, 0.05) is 18.3 Å². The highest BCUT2D eigenvalue weighted by atomic mass is 32.2. The number of carbonyl (C=O) groups is 2. The Labute approximate surface area is 118 Å². The molecule has 19 heavy (non-hydrogen) atoms. The summed E-state index contributed by atoms with van der Waals surface area (Å²) in [6.45, 7) is 5.99. The van der Waals surface area contributed by atoms with E-state index in [1.165, 1.54) is 0 Å². The fourth-order valence-corrected chi connectivity index (χ4v) is 2.08. The Morgan fingerprint density at radius 3 is 2.53 bits per heavy atom. The third-order valence-electron chi connectivity index (χ3n) is 2.54.